The number of anilines is 1. The van der Waals surface area contributed by atoms with Gasteiger partial charge in [0.25, 0.3) is 0 Å². The number of rotatable bonds is 2. The third-order valence-corrected chi connectivity index (χ3v) is 2.50. The van der Waals surface area contributed by atoms with E-state index in [-0.39, 0.29) is 5.57 Å². The maximum absolute atomic E-state index is 12.9. The van der Waals surface area contributed by atoms with E-state index in [1.165, 1.54) is 25.8 Å². The predicted octanol–water partition coefficient (Wildman–Crippen LogP) is 4.54. The summed E-state index contributed by atoms with van der Waals surface area (Å²) in [6.07, 6.45) is 3.67. The lowest BCUT2D eigenvalue weighted by Crippen LogP contribution is -2.29. The first-order chi connectivity index (χ1) is 8.73. The molecule has 0 unspecified atom stereocenters. The van der Waals surface area contributed by atoms with E-state index in [2.05, 4.69) is 12.8 Å². The van der Waals surface area contributed by atoms with Crippen LogP contribution in [0.2, 0.25) is 0 Å². The van der Waals surface area contributed by atoms with Crippen LogP contribution in [0, 0.1) is 19.8 Å². The van der Waals surface area contributed by atoms with Crippen molar-refractivity contribution >= 4 is 5.69 Å². The average Bonchev–Trinajstić information content (AvgIpc) is 2.30. The number of alkyl halides is 3. The Hall–Kier alpha value is -1.89. The van der Waals surface area contributed by atoms with E-state index >= 15 is 0 Å². The van der Waals surface area contributed by atoms with Crippen LogP contribution in [0.4, 0.5) is 18.9 Å². The highest BCUT2D eigenvalue weighted by Crippen LogP contribution is 2.33. The summed E-state index contributed by atoms with van der Waals surface area (Å²) >= 11 is 0. The standard InChI is InChI=1S/C13H16F3N.C2H2/c1-9(2)12(13(14,15)16)17(4)11-7-5-10(3)6-8-11;1-2/h5-8H,1-4H3;1-2H. The van der Waals surface area contributed by atoms with Crippen LogP contribution in [0.25, 0.3) is 0 Å². The fourth-order valence-electron chi connectivity index (χ4n) is 1.71. The van der Waals surface area contributed by atoms with Gasteiger partial charge in [0.15, 0.2) is 0 Å². The Kier molecular flexibility index (Phi) is 6.20. The van der Waals surface area contributed by atoms with Gasteiger partial charge in [0.1, 0.15) is 5.70 Å². The molecule has 0 aliphatic carbocycles. The Balaban J connectivity index is 0.00000154. The summed E-state index contributed by atoms with van der Waals surface area (Å²) in [5.74, 6) is 0. The fourth-order valence-corrected chi connectivity index (χ4v) is 1.71. The SMILES string of the molecule is C#C.CC(C)=C(N(C)c1ccc(C)cc1)C(F)(F)F. The highest BCUT2D eigenvalue weighted by molar-refractivity contribution is 5.53. The van der Waals surface area contributed by atoms with Crippen LogP contribution in [0.3, 0.4) is 0 Å². The second kappa shape index (κ2) is 6.89. The molecule has 0 atom stereocenters. The van der Waals surface area contributed by atoms with Crippen molar-refractivity contribution in [1.29, 1.82) is 0 Å². The van der Waals surface area contributed by atoms with Crippen LogP contribution in [-0.4, -0.2) is 13.2 Å². The molecule has 19 heavy (non-hydrogen) atoms. The quantitative estimate of drug-likeness (QED) is 0.713. The van der Waals surface area contributed by atoms with E-state index in [1.807, 2.05) is 6.92 Å². The minimum atomic E-state index is -4.33. The number of nitrogens with zero attached hydrogens (tertiary/aromatic N) is 1. The molecular formula is C15H18F3N. The number of hydrogen-bond acceptors (Lipinski definition) is 1. The van der Waals surface area contributed by atoms with Gasteiger partial charge in [-0.3, -0.25) is 0 Å². The minimum Gasteiger partial charge on any atom is -0.341 e. The normalized spacial score (nSPS) is 10.2. The lowest BCUT2D eigenvalue weighted by molar-refractivity contribution is -0.0937. The molecule has 1 aromatic carbocycles. The Labute approximate surface area is 112 Å². The molecule has 0 saturated heterocycles. The minimum absolute atomic E-state index is 0.251. The second-order valence-corrected chi connectivity index (χ2v) is 4.24. The molecule has 0 N–H and O–H groups in total. The molecule has 0 spiro atoms. The first-order valence-electron chi connectivity index (χ1n) is 5.62. The molecule has 0 amide bonds. The van der Waals surface area contributed by atoms with E-state index in [0.29, 0.717) is 5.69 Å². The number of halogens is 3. The number of terminal acetylenes is 1. The van der Waals surface area contributed by atoms with Gasteiger partial charge in [-0.2, -0.15) is 13.2 Å². The molecule has 0 fully saturated rings. The largest absolute Gasteiger partial charge is 0.431 e. The number of aryl methyl sites for hydroxylation is 1. The summed E-state index contributed by atoms with van der Waals surface area (Å²) in [5, 5.41) is 0. The average molecular weight is 269 g/mol. The molecule has 0 aliphatic heterocycles. The maximum Gasteiger partial charge on any atom is 0.431 e. The molecule has 0 heterocycles. The third kappa shape index (κ3) is 4.70. The Morgan fingerprint density at radius 3 is 1.79 bits per heavy atom. The molecule has 1 aromatic rings. The molecule has 0 aromatic heterocycles. The molecule has 4 heteroatoms. The van der Waals surface area contributed by atoms with Crippen LogP contribution in [-0.2, 0) is 0 Å². The van der Waals surface area contributed by atoms with E-state index in [1.54, 1.807) is 24.3 Å². The maximum atomic E-state index is 12.9. The van der Waals surface area contributed by atoms with Gasteiger partial charge in [-0.25, -0.2) is 0 Å². The Morgan fingerprint density at radius 2 is 1.47 bits per heavy atom. The summed E-state index contributed by atoms with van der Waals surface area (Å²) in [4.78, 5) is 1.18. The van der Waals surface area contributed by atoms with Crippen LogP contribution < -0.4 is 4.90 Å². The third-order valence-electron chi connectivity index (χ3n) is 2.50. The van der Waals surface area contributed by atoms with Crippen molar-refractivity contribution in [3.63, 3.8) is 0 Å². The summed E-state index contributed by atoms with van der Waals surface area (Å²) in [5.41, 5.74) is 1.19. The van der Waals surface area contributed by atoms with Crippen molar-refractivity contribution in [2.75, 3.05) is 11.9 Å². The first-order valence-corrected chi connectivity index (χ1v) is 5.62. The van der Waals surface area contributed by atoms with E-state index in [0.717, 1.165) is 5.56 Å². The number of benzene rings is 1. The molecule has 0 bridgehead atoms. The zero-order valence-corrected chi connectivity index (χ0v) is 11.5. The van der Waals surface area contributed by atoms with Crippen molar-refractivity contribution in [2.24, 2.45) is 0 Å². The van der Waals surface area contributed by atoms with Gasteiger partial charge >= 0.3 is 6.18 Å². The predicted molar refractivity (Wildman–Crippen MR) is 73.9 cm³/mol. The lowest BCUT2D eigenvalue weighted by Gasteiger charge is -2.26. The van der Waals surface area contributed by atoms with Gasteiger partial charge in [-0.15, -0.1) is 12.8 Å². The van der Waals surface area contributed by atoms with Crippen LogP contribution in [0.15, 0.2) is 35.5 Å². The van der Waals surface area contributed by atoms with Crippen molar-refractivity contribution in [2.45, 2.75) is 26.9 Å². The first kappa shape index (κ1) is 17.1. The molecule has 1 rings (SSSR count). The molecule has 1 nitrogen and oxygen atoms in total. The smallest absolute Gasteiger partial charge is 0.341 e. The van der Waals surface area contributed by atoms with E-state index < -0.39 is 11.9 Å². The lowest BCUT2D eigenvalue weighted by atomic mass is 10.1. The van der Waals surface area contributed by atoms with Gasteiger partial charge in [-0.1, -0.05) is 17.7 Å². The number of hydrogen-bond donors (Lipinski definition) is 0. The van der Waals surface area contributed by atoms with Gasteiger partial charge in [0.05, 0.1) is 0 Å². The van der Waals surface area contributed by atoms with E-state index in [9.17, 15) is 13.2 Å². The molecule has 0 saturated carbocycles. The van der Waals surface area contributed by atoms with E-state index in [4.69, 9.17) is 0 Å². The highest BCUT2D eigenvalue weighted by atomic mass is 19.4. The van der Waals surface area contributed by atoms with Gasteiger partial charge < -0.3 is 4.90 Å². The molecular weight excluding hydrogens is 251 g/mol. The molecule has 0 radical (unpaired) electrons. The summed E-state index contributed by atoms with van der Waals surface area (Å²) in [6, 6.07) is 6.96. The summed E-state index contributed by atoms with van der Waals surface area (Å²) in [7, 11) is 1.43. The van der Waals surface area contributed by atoms with Crippen LogP contribution in [0.5, 0.6) is 0 Å². The monoisotopic (exact) mass is 269 g/mol. The topological polar surface area (TPSA) is 3.24 Å². The van der Waals surface area contributed by atoms with Gasteiger partial charge in [-0.05, 0) is 38.5 Å². The van der Waals surface area contributed by atoms with Crippen LogP contribution in [0.1, 0.15) is 19.4 Å². The Morgan fingerprint density at radius 1 is 1.05 bits per heavy atom. The van der Waals surface area contributed by atoms with Crippen molar-refractivity contribution in [1.82, 2.24) is 0 Å². The van der Waals surface area contributed by atoms with Crippen molar-refractivity contribution in [3.8, 4) is 12.8 Å². The fraction of sp³-hybridized carbons (Fsp3) is 0.333. The van der Waals surface area contributed by atoms with Gasteiger partial charge in [0, 0.05) is 12.7 Å². The number of allylic oxidation sites excluding steroid dienone is 2. The zero-order chi connectivity index (χ0) is 15.2. The molecule has 104 valence electrons. The Bertz CT molecular complexity index is 449. The van der Waals surface area contributed by atoms with Crippen molar-refractivity contribution < 1.29 is 13.2 Å². The second-order valence-electron chi connectivity index (χ2n) is 4.24. The van der Waals surface area contributed by atoms with Gasteiger partial charge in [0.2, 0.25) is 0 Å². The van der Waals surface area contributed by atoms with Crippen LogP contribution >= 0.6 is 0 Å². The molecule has 0 aliphatic rings. The summed E-state index contributed by atoms with van der Waals surface area (Å²) in [6.45, 7) is 4.83. The summed E-state index contributed by atoms with van der Waals surface area (Å²) < 4.78 is 38.7. The highest BCUT2D eigenvalue weighted by Gasteiger charge is 2.37. The van der Waals surface area contributed by atoms with Crippen molar-refractivity contribution in [3.05, 3.63) is 41.1 Å². The zero-order valence-electron chi connectivity index (χ0n) is 11.5.